The smallest absolute Gasteiger partial charge is 0.330 e. The van der Waals surface area contributed by atoms with Crippen molar-refractivity contribution in [1.82, 2.24) is 0 Å². The van der Waals surface area contributed by atoms with Gasteiger partial charge in [0, 0.05) is 12.7 Å². The number of aliphatic hydroxyl groups excluding tert-OH is 1. The van der Waals surface area contributed by atoms with Gasteiger partial charge in [0.2, 0.25) is 0 Å². The minimum atomic E-state index is -0.357. The summed E-state index contributed by atoms with van der Waals surface area (Å²) in [7, 11) is 1.60. The van der Waals surface area contributed by atoms with Crippen LogP contribution < -0.4 is 9.47 Å². The second kappa shape index (κ2) is 13.3. The summed E-state index contributed by atoms with van der Waals surface area (Å²) in [6.07, 6.45) is 8.71. The molecular weight excluding hydrogens is 320 g/mol. The minimum absolute atomic E-state index is 0.217. The van der Waals surface area contributed by atoms with Crippen LogP contribution in [0.15, 0.2) is 24.3 Å². The molecule has 0 radical (unpaired) electrons. The molecule has 0 saturated carbocycles. The first-order valence-corrected chi connectivity index (χ1v) is 8.97. The number of esters is 1. The molecule has 5 heteroatoms. The van der Waals surface area contributed by atoms with Crippen LogP contribution in [0, 0.1) is 0 Å². The SMILES string of the molecule is CCCCOc1ccc(C=CC(=O)OCCCCCCO)cc1OC. The fourth-order valence-electron chi connectivity index (χ4n) is 2.19. The van der Waals surface area contributed by atoms with Crippen molar-refractivity contribution in [1.29, 1.82) is 0 Å². The van der Waals surface area contributed by atoms with E-state index in [2.05, 4.69) is 6.92 Å². The van der Waals surface area contributed by atoms with E-state index in [-0.39, 0.29) is 12.6 Å². The summed E-state index contributed by atoms with van der Waals surface area (Å²) < 4.78 is 16.2. The second-order valence-corrected chi connectivity index (χ2v) is 5.75. The Morgan fingerprint density at radius 1 is 1.08 bits per heavy atom. The number of carbonyl (C=O) groups excluding carboxylic acids is 1. The molecule has 0 fully saturated rings. The zero-order valence-electron chi connectivity index (χ0n) is 15.3. The van der Waals surface area contributed by atoms with E-state index in [1.54, 1.807) is 13.2 Å². The number of methoxy groups -OCH3 is 1. The molecule has 0 aliphatic heterocycles. The van der Waals surface area contributed by atoms with Gasteiger partial charge in [0.15, 0.2) is 11.5 Å². The van der Waals surface area contributed by atoms with E-state index < -0.39 is 0 Å². The fraction of sp³-hybridized carbons (Fsp3) is 0.550. The van der Waals surface area contributed by atoms with Crippen LogP contribution in [0.1, 0.15) is 51.0 Å². The van der Waals surface area contributed by atoms with Crippen molar-refractivity contribution in [3.63, 3.8) is 0 Å². The van der Waals surface area contributed by atoms with Crippen molar-refractivity contribution in [3.8, 4) is 11.5 Å². The Hall–Kier alpha value is -2.01. The van der Waals surface area contributed by atoms with Crippen LogP contribution in [-0.2, 0) is 9.53 Å². The molecule has 0 spiro atoms. The van der Waals surface area contributed by atoms with Crippen molar-refractivity contribution in [2.24, 2.45) is 0 Å². The average Bonchev–Trinajstić information content (AvgIpc) is 2.63. The monoisotopic (exact) mass is 350 g/mol. The van der Waals surface area contributed by atoms with Gasteiger partial charge in [0.25, 0.3) is 0 Å². The van der Waals surface area contributed by atoms with Gasteiger partial charge in [-0.15, -0.1) is 0 Å². The van der Waals surface area contributed by atoms with Gasteiger partial charge in [-0.05, 0) is 49.5 Å². The highest BCUT2D eigenvalue weighted by Gasteiger charge is 2.05. The molecule has 0 atom stereocenters. The first-order valence-electron chi connectivity index (χ1n) is 8.97. The maximum atomic E-state index is 11.7. The number of unbranched alkanes of at least 4 members (excludes halogenated alkanes) is 4. The van der Waals surface area contributed by atoms with Gasteiger partial charge in [0.05, 0.1) is 20.3 Å². The number of ether oxygens (including phenoxy) is 3. The first kappa shape index (κ1) is 21.0. The Balaban J connectivity index is 2.44. The van der Waals surface area contributed by atoms with E-state index in [1.807, 2.05) is 18.2 Å². The van der Waals surface area contributed by atoms with E-state index in [9.17, 15) is 4.79 Å². The van der Waals surface area contributed by atoms with E-state index in [0.717, 1.165) is 44.1 Å². The van der Waals surface area contributed by atoms with Crippen LogP contribution in [0.3, 0.4) is 0 Å². The number of aliphatic hydroxyl groups is 1. The lowest BCUT2D eigenvalue weighted by Gasteiger charge is -2.10. The fourth-order valence-corrected chi connectivity index (χ4v) is 2.19. The maximum Gasteiger partial charge on any atom is 0.330 e. The van der Waals surface area contributed by atoms with E-state index >= 15 is 0 Å². The highest BCUT2D eigenvalue weighted by Crippen LogP contribution is 2.28. The topological polar surface area (TPSA) is 65.0 Å². The van der Waals surface area contributed by atoms with Gasteiger partial charge in [-0.1, -0.05) is 25.8 Å². The normalized spacial score (nSPS) is 10.8. The minimum Gasteiger partial charge on any atom is -0.493 e. The Kier molecular flexibility index (Phi) is 11.2. The lowest BCUT2D eigenvalue weighted by atomic mass is 10.2. The lowest BCUT2D eigenvalue weighted by Crippen LogP contribution is -2.02. The molecule has 1 aromatic carbocycles. The van der Waals surface area contributed by atoms with Gasteiger partial charge in [-0.25, -0.2) is 4.79 Å². The van der Waals surface area contributed by atoms with Crippen molar-refractivity contribution >= 4 is 12.0 Å². The van der Waals surface area contributed by atoms with Gasteiger partial charge in [-0.3, -0.25) is 0 Å². The summed E-state index contributed by atoms with van der Waals surface area (Å²) in [5, 5.41) is 8.69. The number of carbonyl (C=O) groups is 1. The Bertz CT molecular complexity index is 525. The van der Waals surface area contributed by atoms with Crippen LogP contribution in [0.25, 0.3) is 6.08 Å². The molecule has 0 saturated heterocycles. The molecule has 0 unspecified atom stereocenters. The third-order valence-corrected chi connectivity index (χ3v) is 3.65. The molecule has 1 N–H and O–H groups in total. The Morgan fingerprint density at radius 2 is 1.88 bits per heavy atom. The average molecular weight is 350 g/mol. The largest absolute Gasteiger partial charge is 0.493 e. The molecule has 0 aliphatic rings. The second-order valence-electron chi connectivity index (χ2n) is 5.75. The van der Waals surface area contributed by atoms with Crippen molar-refractivity contribution in [3.05, 3.63) is 29.8 Å². The predicted molar refractivity (Wildman–Crippen MR) is 98.9 cm³/mol. The van der Waals surface area contributed by atoms with Crippen molar-refractivity contribution in [2.75, 3.05) is 26.9 Å². The molecule has 0 heterocycles. The summed E-state index contributed by atoms with van der Waals surface area (Å²) in [4.78, 5) is 11.7. The lowest BCUT2D eigenvalue weighted by molar-refractivity contribution is -0.137. The molecule has 140 valence electrons. The molecule has 1 rings (SSSR count). The summed E-state index contributed by atoms with van der Waals surface area (Å²) >= 11 is 0. The molecular formula is C20H30O5. The zero-order chi connectivity index (χ0) is 18.3. The Morgan fingerprint density at radius 3 is 2.60 bits per heavy atom. The van der Waals surface area contributed by atoms with Crippen molar-refractivity contribution in [2.45, 2.75) is 45.4 Å². The molecule has 0 aromatic heterocycles. The summed E-state index contributed by atoms with van der Waals surface area (Å²) in [6.45, 7) is 3.39. The van der Waals surface area contributed by atoms with Crippen LogP contribution in [0.2, 0.25) is 0 Å². The number of hydrogen-bond donors (Lipinski definition) is 1. The van der Waals surface area contributed by atoms with Crippen LogP contribution in [-0.4, -0.2) is 38.0 Å². The van der Waals surface area contributed by atoms with Crippen LogP contribution in [0.5, 0.6) is 11.5 Å². The summed E-state index contributed by atoms with van der Waals surface area (Å²) in [5.41, 5.74) is 0.847. The molecule has 25 heavy (non-hydrogen) atoms. The summed E-state index contributed by atoms with van der Waals surface area (Å²) in [5.74, 6) is 0.999. The standard InChI is InChI=1S/C20H30O5/c1-3-4-14-24-18-11-9-17(16-19(18)23-2)10-12-20(22)25-15-8-6-5-7-13-21/h9-12,16,21H,3-8,13-15H2,1-2H3. The predicted octanol–water partition coefficient (Wildman–Crippen LogP) is 3.98. The zero-order valence-corrected chi connectivity index (χ0v) is 15.3. The molecule has 5 nitrogen and oxygen atoms in total. The van der Waals surface area contributed by atoms with E-state index in [1.165, 1.54) is 6.08 Å². The number of hydrogen-bond acceptors (Lipinski definition) is 5. The summed E-state index contributed by atoms with van der Waals surface area (Å²) in [6, 6.07) is 5.56. The third kappa shape index (κ3) is 9.15. The number of rotatable bonds is 13. The van der Waals surface area contributed by atoms with Gasteiger partial charge >= 0.3 is 5.97 Å². The first-order chi connectivity index (χ1) is 12.2. The molecule has 0 aliphatic carbocycles. The molecule has 1 aromatic rings. The third-order valence-electron chi connectivity index (χ3n) is 3.65. The highest BCUT2D eigenvalue weighted by molar-refractivity contribution is 5.87. The molecule has 0 amide bonds. The van der Waals surface area contributed by atoms with E-state index in [4.69, 9.17) is 19.3 Å². The van der Waals surface area contributed by atoms with Crippen molar-refractivity contribution < 1.29 is 24.1 Å². The van der Waals surface area contributed by atoms with Gasteiger partial charge in [0.1, 0.15) is 0 Å². The Labute approximate surface area is 150 Å². The molecule has 0 bridgehead atoms. The van der Waals surface area contributed by atoms with Gasteiger partial charge in [-0.2, -0.15) is 0 Å². The quantitative estimate of drug-likeness (QED) is 0.331. The maximum absolute atomic E-state index is 11.7. The van der Waals surface area contributed by atoms with Crippen LogP contribution >= 0.6 is 0 Å². The van der Waals surface area contributed by atoms with Gasteiger partial charge < -0.3 is 19.3 Å². The van der Waals surface area contributed by atoms with E-state index in [0.29, 0.717) is 24.7 Å². The number of benzene rings is 1. The highest BCUT2D eigenvalue weighted by atomic mass is 16.5. The van der Waals surface area contributed by atoms with Crippen LogP contribution in [0.4, 0.5) is 0 Å².